The van der Waals surface area contributed by atoms with Gasteiger partial charge >= 0.3 is 11.9 Å². The van der Waals surface area contributed by atoms with E-state index in [0.717, 1.165) is 31.4 Å². The van der Waals surface area contributed by atoms with E-state index in [0.29, 0.717) is 17.8 Å². The Morgan fingerprint density at radius 1 is 1.12 bits per heavy atom. The van der Waals surface area contributed by atoms with Gasteiger partial charge in [0.15, 0.2) is 6.10 Å². The van der Waals surface area contributed by atoms with Gasteiger partial charge in [-0.1, -0.05) is 77.8 Å². The third kappa shape index (κ3) is 12.6. The van der Waals surface area contributed by atoms with E-state index in [4.69, 9.17) is 4.74 Å². The number of aliphatic imine (C=N–C) groups is 1. The third-order valence-electron chi connectivity index (χ3n) is 9.64. The number of hydrogen-bond donors (Lipinski definition) is 3. The number of piperidine rings is 1. The normalized spacial score (nSPS) is 18.3. The number of amides is 3. The number of hydrogen-bond acceptors (Lipinski definition) is 9. The number of carboxylic acid groups (broad SMARTS) is 1. The van der Waals surface area contributed by atoms with Crippen LogP contribution in [0.4, 0.5) is 0 Å². The minimum absolute atomic E-state index is 0.0442. The molecule has 1 unspecified atom stereocenters. The summed E-state index contributed by atoms with van der Waals surface area (Å²) in [5.74, 6) is -3.79. The summed E-state index contributed by atoms with van der Waals surface area (Å²) < 4.78 is 5.75. The van der Waals surface area contributed by atoms with Crippen LogP contribution in [0.5, 0.6) is 0 Å². The molecule has 1 aliphatic heterocycles. The van der Waals surface area contributed by atoms with E-state index in [-0.39, 0.29) is 54.3 Å². The quantitative estimate of drug-likeness (QED) is 0.133. The smallest absolute Gasteiger partial charge is 0.306 e. The number of rotatable bonds is 18. The molecule has 1 aromatic heterocycles. The molecule has 0 saturated carbocycles. The van der Waals surface area contributed by atoms with Gasteiger partial charge in [0, 0.05) is 44.1 Å². The van der Waals surface area contributed by atoms with Gasteiger partial charge in [-0.25, -0.2) is 9.98 Å². The Labute approximate surface area is 305 Å². The van der Waals surface area contributed by atoms with E-state index >= 15 is 0 Å². The zero-order chi connectivity index (χ0) is 37.7. The summed E-state index contributed by atoms with van der Waals surface area (Å²) >= 11 is 1.18. The van der Waals surface area contributed by atoms with Crippen LogP contribution in [-0.4, -0.2) is 82.6 Å². The zero-order valence-electron chi connectivity index (χ0n) is 31.0. The van der Waals surface area contributed by atoms with Gasteiger partial charge in [0.05, 0.1) is 17.9 Å². The molecule has 51 heavy (non-hydrogen) atoms. The first-order valence-electron chi connectivity index (χ1n) is 18.0. The van der Waals surface area contributed by atoms with Crippen molar-refractivity contribution in [2.45, 2.75) is 111 Å². The minimum atomic E-state index is -0.946. The van der Waals surface area contributed by atoms with Crippen molar-refractivity contribution in [2.75, 3.05) is 13.6 Å². The van der Waals surface area contributed by atoms with E-state index in [2.05, 4.69) is 20.6 Å². The van der Waals surface area contributed by atoms with Crippen LogP contribution in [-0.2, 0) is 30.3 Å². The highest BCUT2D eigenvalue weighted by Crippen LogP contribution is 2.31. The Hall–Kier alpha value is -3.97. The van der Waals surface area contributed by atoms with Crippen LogP contribution in [0.25, 0.3) is 0 Å². The summed E-state index contributed by atoms with van der Waals surface area (Å²) in [6.45, 7) is 11.6. The number of carboxylic acids is 1. The summed E-state index contributed by atoms with van der Waals surface area (Å²) in [5, 5.41) is 17.7. The molecule has 3 N–H and O–H groups in total. The van der Waals surface area contributed by atoms with Crippen LogP contribution in [0, 0.1) is 23.7 Å². The maximum atomic E-state index is 14.1. The Morgan fingerprint density at radius 2 is 1.82 bits per heavy atom. The molecule has 1 aliphatic rings. The molecule has 3 rings (SSSR count). The topological polar surface area (TPSA) is 167 Å². The molecule has 0 radical (unpaired) electrons. The Balaban J connectivity index is 1.80. The summed E-state index contributed by atoms with van der Waals surface area (Å²) in [7, 11) is 1.72. The zero-order valence-corrected chi connectivity index (χ0v) is 31.8. The highest BCUT2D eigenvalue weighted by molar-refractivity contribution is 7.09. The Morgan fingerprint density at radius 3 is 2.41 bits per heavy atom. The van der Waals surface area contributed by atoms with E-state index in [1.165, 1.54) is 24.5 Å². The van der Waals surface area contributed by atoms with E-state index in [1.54, 1.807) is 24.3 Å². The molecule has 0 aliphatic carbocycles. The van der Waals surface area contributed by atoms with Crippen LogP contribution in [0.1, 0.15) is 107 Å². The predicted molar refractivity (Wildman–Crippen MR) is 198 cm³/mol. The highest BCUT2D eigenvalue weighted by Gasteiger charge is 2.35. The monoisotopic (exact) mass is 725 g/mol. The molecule has 280 valence electrons. The number of nitrogens with zero attached hydrogens (tertiary/aromatic N) is 3. The number of aromatic nitrogens is 1. The summed E-state index contributed by atoms with van der Waals surface area (Å²) in [6.07, 6.45) is 4.99. The van der Waals surface area contributed by atoms with Crippen molar-refractivity contribution in [1.82, 2.24) is 20.5 Å². The van der Waals surface area contributed by atoms with Crippen molar-refractivity contribution in [2.24, 2.45) is 28.7 Å². The van der Waals surface area contributed by atoms with Crippen molar-refractivity contribution in [1.29, 1.82) is 0 Å². The number of carbonyl (C=O) groups is 5. The van der Waals surface area contributed by atoms with Gasteiger partial charge in [0.1, 0.15) is 10.7 Å². The maximum Gasteiger partial charge on any atom is 0.306 e. The van der Waals surface area contributed by atoms with Crippen molar-refractivity contribution in [3.05, 3.63) is 52.0 Å². The Bertz CT molecular complexity index is 1490. The maximum absolute atomic E-state index is 14.1. The lowest BCUT2D eigenvalue weighted by molar-refractivity contribution is -0.148. The second kappa shape index (κ2) is 20.2. The van der Waals surface area contributed by atoms with Crippen LogP contribution < -0.4 is 10.6 Å². The Kier molecular flexibility index (Phi) is 16.4. The van der Waals surface area contributed by atoms with Crippen molar-refractivity contribution < 1.29 is 33.8 Å². The lowest BCUT2D eigenvalue weighted by Gasteiger charge is -2.36. The molecule has 12 nitrogen and oxygen atoms in total. The fourth-order valence-corrected chi connectivity index (χ4v) is 7.17. The van der Waals surface area contributed by atoms with E-state index < -0.39 is 41.8 Å². The van der Waals surface area contributed by atoms with Gasteiger partial charge < -0.3 is 25.4 Å². The second-order valence-corrected chi connectivity index (χ2v) is 14.9. The van der Waals surface area contributed by atoms with Crippen LogP contribution in [0.2, 0.25) is 0 Å². The molecular weight excluding hydrogens is 671 g/mol. The van der Waals surface area contributed by atoms with Crippen molar-refractivity contribution in [3.63, 3.8) is 0 Å². The van der Waals surface area contributed by atoms with Gasteiger partial charge in [-0.2, -0.15) is 0 Å². The predicted octanol–water partition coefficient (Wildman–Crippen LogP) is 5.47. The van der Waals surface area contributed by atoms with Crippen LogP contribution in [0.15, 0.2) is 40.7 Å². The number of aliphatic carboxylic acids is 1. The number of benzene rings is 1. The minimum Gasteiger partial charge on any atom is -0.481 e. The lowest BCUT2D eigenvalue weighted by atomic mass is 9.89. The van der Waals surface area contributed by atoms with Crippen molar-refractivity contribution in [3.8, 4) is 0 Å². The molecule has 0 bridgehead atoms. The number of thiazole rings is 1. The largest absolute Gasteiger partial charge is 0.481 e. The van der Waals surface area contributed by atoms with Crippen LogP contribution >= 0.6 is 11.3 Å². The molecule has 1 fully saturated rings. The molecule has 2 aromatic rings. The fraction of sp³-hybridized carbons (Fsp3) is 0.605. The highest BCUT2D eigenvalue weighted by atomic mass is 32.1. The first kappa shape index (κ1) is 41.5. The summed E-state index contributed by atoms with van der Waals surface area (Å²) in [6, 6.07) is 8.35. The summed E-state index contributed by atoms with van der Waals surface area (Å²) in [4.78, 5) is 74.7. The summed E-state index contributed by atoms with van der Waals surface area (Å²) in [5.41, 5.74) is 1.09. The van der Waals surface area contributed by atoms with Gasteiger partial charge in [0.25, 0.3) is 11.8 Å². The fourth-order valence-electron chi connectivity index (χ4n) is 6.33. The van der Waals surface area contributed by atoms with E-state index in [1.807, 2.05) is 58.0 Å². The molecular formula is C38H55N5O7S. The van der Waals surface area contributed by atoms with Crippen LogP contribution in [0.3, 0.4) is 0 Å². The van der Waals surface area contributed by atoms with Gasteiger partial charge in [0.2, 0.25) is 5.91 Å². The van der Waals surface area contributed by atoms with Gasteiger partial charge in [-0.05, 0) is 49.6 Å². The molecule has 3 amide bonds. The molecule has 1 saturated heterocycles. The SMILES string of the molecule is CC[C@H](C)C(C=NC(=O)[C@H]1CCCCN1)C(=O)N(C)[C@H](C[C@@H](OC(C)=O)c1nc(C(=O)N[C@@H](Cc2ccccc2)C[C@H](C)C(=O)O)cs1)C(C)C. The molecule has 1 aromatic carbocycles. The third-order valence-corrected chi connectivity index (χ3v) is 10.6. The number of nitrogens with one attached hydrogen (secondary N) is 2. The first-order chi connectivity index (χ1) is 24.2. The number of carbonyl (C=O) groups excluding carboxylic acids is 4. The average Bonchev–Trinajstić information content (AvgIpc) is 3.60. The molecule has 0 spiro atoms. The standard InChI is InChI=1S/C38H55N5O7S/c1-8-24(4)29(21-40-34(45)30-16-12-13-17-39-30)37(47)43(7)32(23(2)3)20-33(50-26(6)44)36-42-31(22-51-36)35(46)41-28(18-25(5)38(48)49)19-27-14-10-9-11-15-27/h9-11,14-15,21-25,28-30,32-33,39H,8,12-13,16-20H2,1-7H3,(H,41,46)(H,48,49)/t24-,25-,28+,29?,30+,32+,33+/m0/s1. The number of ether oxygens (including phenoxy) is 1. The second-order valence-electron chi connectivity index (χ2n) is 14.0. The average molecular weight is 726 g/mol. The first-order valence-corrected chi connectivity index (χ1v) is 18.9. The van der Waals surface area contributed by atoms with Crippen molar-refractivity contribution >= 4 is 47.2 Å². The molecule has 7 atom stereocenters. The number of esters is 1. The van der Waals surface area contributed by atoms with E-state index in [9.17, 15) is 29.1 Å². The van der Waals surface area contributed by atoms with Gasteiger partial charge in [-0.3, -0.25) is 24.0 Å². The lowest BCUT2D eigenvalue weighted by Crippen LogP contribution is -2.46. The van der Waals surface area contributed by atoms with Gasteiger partial charge in [-0.15, -0.1) is 11.3 Å². The molecule has 2 heterocycles. The molecule has 13 heteroatoms.